The summed E-state index contributed by atoms with van der Waals surface area (Å²) in [5.74, 6) is 2.18. The van der Waals surface area contributed by atoms with E-state index in [1.165, 1.54) is 29.2 Å². The number of halogens is 2. The van der Waals surface area contributed by atoms with Crippen molar-refractivity contribution < 1.29 is 9.13 Å². The minimum Gasteiger partial charge on any atom is -0.479 e. The summed E-state index contributed by atoms with van der Waals surface area (Å²) >= 11 is 9.22. The quantitative estimate of drug-likeness (QED) is 0.361. The molecule has 1 unspecified atom stereocenters. The molecule has 0 saturated heterocycles. The highest BCUT2D eigenvalue weighted by Gasteiger charge is 2.21. The number of hydrogen-bond donors (Lipinski definition) is 0. The molecule has 0 aliphatic rings. The number of methoxy groups -OCH3 is 1. The molecule has 0 spiro atoms. The zero-order valence-electron chi connectivity index (χ0n) is 17.1. The van der Waals surface area contributed by atoms with Gasteiger partial charge in [-0.2, -0.15) is 16.7 Å². The predicted octanol–water partition coefficient (Wildman–Crippen LogP) is 6.53. The molecule has 30 heavy (non-hydrogen) atoms. The minimum absolute atomic E-state index is 0.249. The van der Waals surface area contributed by atoms with E-state index in [1.54, 1.807) is 13.3 Å². The van der Waals surface area contributed by atoms with Crippen molar-refractivity contribution in [3.63, 3.8) is 0 Å². The summed E-state index contributed by atoms with van der Waals surface area (Å²) in [5, 5.41) is 2.23. The van der Waals surface area contributed by atoms with Crippen LogP contribution in [0, 0.1) is 11.7 Å². The van der Waals surface area contributed by atoms with Gasteiger partial charge in [0.25, 0.3) is 0 Å². The second-order valence-electron chi connectivity index (χ2n) is 6.82. The van der Waals surface area contributed by atoms with E-state index in [1.807, 2.05) is 48.0 Å². The molecule has 2 aromatic heterocycles. The van der Waals surface area contributed by atoms with Crippen LogP contribution in [-0.4, -0.2) is 29.9 Å². The first kappa shape index (κ1) is 22.6. The molecule has 0 radical (unpaired) electrons. The van der Waals surface area contributed by atoms with Gasteiger partial charge in [0.15, 0.2) is 5.00 Å². The van der Waals surface area contributed by atoms with Gasteiger partial charge in [-0.15, -0.1) is 0 Å². The number of rotatable bonds is 9. The molecule has 3 rings (SSSR count). The van der Waals surface area contributed by atoms with Crippen LogP contribution in [0.1, 0.15) is 12.5 Å². The molecule has 0 aliphatic heterocycles. The first-order chi connectivity index (χ1) is 14.4. The maximum atomic E-state index is 13.5. The fourth-order valence-corrected chi connectivity index (χ4v) is 5.02. The van der Waals surface area contributed by atoms with Gasteiger partial charge in [-0.1, -0.05) is 48.6 Å². The smallest absolute Gasteiger partial charge is 0.249 e. The van der Waals surface area contributed by atoms with Crippen molar-refractivity contribution in [1.82, 2.24) is 9.97 Å². The van der Waals surface area contributed by atoms with E-state index in [2.05, 4.69) is 23.5 Å². The summed E-state index contributed by atoms with van der Waals surface area (Å²) in [6.45, 7) is 6.44. The maximum Gasteiger partial charge on any atom is 0.249 e. The molecule has 0 N–H and O–H groups in total. The van der Waals surface area contributed by atoms with Crippen LogP contribution >= 0.6 is 34.7 Å². The SMILES string of the molecule is C=C(C(C)CSCc1ccc(Cl)cc1)N(C)c1sc(-c2cncc(F)c2)nc1OC. The summed E-state index contributed by atoms with van der Waals surface area (Å²) in [5.41, 5.74) is 2.83. The Kier molecular flexibility index (Phi) is 7.75. The molecule has 1 atom stereocenters. The van der Waals surface area contributed by atoms with E-state index in [0.717, 1.165) is 27.2 Å². The lowest BCUT2D eigenvalue weighted by atomic mass is 10.1. The van der Waals surface area contributed by atoms with Crippen molar-refractivity contribution in [2.24, 2.45) is 5.92 Å². The fraction of sp³-hybridized carbons (Fsp3) is 0.273. The van der Waals surface area contributed by atoms with Gasteiger partial charge in [-0.05, 0) is 23.8 Å². The lowest BCUT2D eigenvalue weighted by Crippen LogP contribution is -2.21. The van der Waals surface area contributed by atoms with Gasteiger partial charge < -0.3 is 9.64 Å². The van der Waals surface area contributed by atoms with Crippen molar-refractivity contribution in [2.75, 3.05) is 24.8 Å². The van der Waals surface area contributed by atoms with Crippen LogP contribution in [0.3, 0.4) is 0 Å². The number of anilines is 1. The summed E-state index contributed by atoms with van der Waals surface area (Å²) in [6, 6.07) is 9.34. The minimum atomic E-state index is -0.396. The third kappa shape index (κ3) is 5.53. The fourth-order valence-electron chi connectivity index (χ4n) is 2.79. The zero-order valence-corrected chi connectivity index (χ0v) is 19.5. The number of thioether (sulfide) groups is 1. The van der Waals surface area contributed by atoms with Crippen LogP contribution in [0.4, 0.5) is 9.39 Å². The topological polar surface area (TPSA) is 38.2 Å². The van der Waals surface area contributed by atoms with Gasteiger partial charge in [0, 0.05) is 47.0 Å². The maximum absolute atomic E-state index is 13.5. The molecule has 0 amide bonds. The first-order valence-electron chi connectivity index (χ1n) is 9.29. The third-order valence-corrected chi connectivity index (χ3v) is 7.27. The second kappa shape index (κ2) is 10.3. The monoisotopic (exact) mass is 463 g/mol. The summed E-state index contributed by atoms with van der Waals surface area (Å²) in [4.78, 5) is 10.4. The van der Waals surface area contributed by atoms with Crippen molar-refractivity contribution >= 4 is 39.7 Å². The van der Waals surface area contributed by atoms with Gasteiger partial charge in [-0.25, -0.2) is 4.39 Å². The molecule has 158 valence electrons. The summed E-state index contributed by atoms with van der Waals surface area (Å²) < 4.78 is 19.0. The van der Waals surface area contributed by atoms with E-state index in [0.29, 0.717) is 16.5 Å². The lowest BCUT2D eigenvalue weighted by Gasteiger charge is -2.25. The van der Waals surface area contributed by atoms with Gasteiger partial charge in [0.2, 0.25) is 5.88 Å². The van der Waals surface area contributed by atoms with E-state index < -0.39 is 5.82 Å². The first-order valence-corrected chi connectivity index (χ1v) is 11.6. The summed E-state index contributed by atoms with van der Waals surface area (Å²) in [7, 11) is 3.53. The van der Waals surface area contributed by atoms with Gasteiger partial charge in [-0.3, -0.25) is 4.98 Å². The molecule has 3 aromatic rings. The number of thiazole rings is 1. The number of hydrogen-bond acceptors (Lipinski definition) is 6. The van der Waals surface area contributed by atoms with Gasteiger partial charge >= 0.3 is 0 Å². The Morgan fingerprint density at radius 3 is 2.73 bits per heavy atom. The largest absolute Gasteiger partial charge is 0.479 e. The normalized spacial score (nSPS) is 11.9. The molecule has 0 bridgehead atoms. The van der Waals surface area contributed by atoms with Crippen molar-refractivity contribution in [3.8, 4) is 16.5 Å². The Labute approximate surface area is 189 Å². The molecule has 0 aliphatic carbocycles. The van der Waals surface area contributed by atoms with Crippen LogP contribution in [0.25, 0.3) is 10.6 Å². The Balaban J connectivity index is 1.66. The molecule has 0 fully saturated rings. The zero-order chi connectivity index (χ0) is 21.7. The van der Waals surface area contributed by atoms with Crippen LogP contribution in [0.5, 0.6) is 5.88 Å². The van der Waals surface area contributed by atoms with Crippen molar-refractivity contribution in [1.29, 1.82) is 0 Å². The second-order valence-corrected chi connectivity index (χ2v) is 9.26. The van der Waals surface area contributed by atoms with Crippen molar-refractivity contribution in [2.45, 2.75) is 12.7 Å². The molecule has 0 saturated carbocycles. The average Bonchev–Trinajstić information content (AvgIpc) is 3.18. The Morgan fingerprint density at radius 1 is 1.33 bits per heavy atom. The highest BCUT2D eigenvalue weighted by atomic mass is 35.5. The number of pyridine rings is 1. The van der Waals surface area contributed by atoms with Crippen LogP contribution in [0.2, 0.25) is 5.02 Å². The summed E-state index contributed by atoms with van der Waals surface area (Å²) in [6.07, 6.45) is 2.77. The number of benzene rings is 1. The molecule has 4 nitrogen and oxygen atoms in total. The molecular formula is C22H23ClFN3OS2. The highest BCUT2D eigenvalue weighted by Crippen LogP contribution is 2.41. The Hall–Kier alpha value is -2.09. The number of allylic oxidation sites excluding steroid dienone is 1. The van der Waals surface area contributed by atoms with Gasteiger partial charge in [0.05, 0.1) is 13.3 Å². The lowest BCUT2D eigenvalue weighted by molar-refractivity contribution is 0.401. The van der Waals surface area contributed by atoms with Crippen LogP contribution in [0.15, 0.2) is 55.0 Å². The molecule has 8 heteroatoms. The number of ether oxygens (including phenoxy) is 1. The molecular weight excluding hydrogens is 441 g/mol. The van der Waals surface area contributed by atoms with Crippen LogP contribution < -0.4 is 9.64 Å². The number of nitrogens with zero attached hydrogens (tertiary/aromatic N) is 3. The molecule has 1 aromatic carbocycles. The standard InChI is InChI=1S/C22H23ClFN3OS2/c1-14(12-29-13-16-5-7-18(23)8-6-16)15(2)27(3)22-20(28-4)26-21(30-22)17-9-19(24)11-25-10-17/h5-11,14H,2,12-13H2,1,3-4H3. The van der Waals surface area contributed by atoms with E-state index >= 15 is 0 Å². The molecule has 2 heterocycles. The highest BCUT2D eigenvalue weighted by molar-refractivity contribution is 7.98. The van der Waals surface area contributed by atoms with E-state index in [-0.39, 0.29) is 5.92 Å². The van der Waals surface area contributed by atoms with E-state index in [9.17, 15) is 4.39 Å². The predicted molar refractivity (Wildman–Crippen MR) is 126 cm³/mol. The number of aromatic nitrogens is 2. The Bertz CT molecular complexity index is 1010. The van der Waals surface area contributed by atoms with Crippen LogP contribution in [-0.2, 0) is 5.75 Å². The third-order valence-electron chi connectivity index (χ3n) is 4.58. The van der Waals surface area contributed by atoms with Crippen molar-refractivity contribution in [3.05, 3.63) is 71.4 Å². The van der Waals surface area contributed by atoms with Gasteiger partial charge in [0.1, 0.15) is 10.8 Å². The Morgan fingerprint density at radius 2 is 2.07 bits per heavy atom. The average molecular weight is 464 g/mol. The van der Waals surface area contributed by atoms with E-state index in [4.69, 9.17) is 16.3 Å².